The topological polar surface area (TPSA) is 80.8 Å². The van der Waals surface area contributed by atoms with E-state index in [1.807, 2.05) is 12.1 Å². The van der Waals surface area contributed by atoms with Crippen LogP contribution in [-0.4, -0.2) is 41.1 Å². The zero-order valence-electron chi connectivity index (χ0n) is 16.8. The van der Waals surface area contributed by atoms with Crippen molar-refractivity contribution in [1.29, 1.82) is 0 Å². The molecule has 2 fully saturated rings. The number of hydrogen-bond donors (Lipinski definition) is 0. The van der Waals surface area contributed by atoms with Gasteiger partial charge in [-0.25, -0.2) is 4.79 Å². The summed E-state index contributed by atoms with van der Waals surface area (Å²) in [5, 5.41) is 0. The standard InChI is InChI=1S/C23H27NO5/c1-14(24-21(26)18-8-4-5-9-19(18)22(24)27)23(28)29-13-20(25)17-11-10-15-6-2-3-7-16(15)12-17/h10-12,14,18-19H,2-9,13H2,1H3/t14-,18-,19-/m0/s1. The quantitative estimate of drug-likeness (QED) is 0.434. The second-order valence-electron chi connectivity index (χ2n) is 8.44. The first-order valence-corrected chi connectivity index (χ1v) is 10.7. The maximum atomic E-state index is 12.6. The van der Waals surface area contributed by atoms with Crippen molar-refractivity contribution >= 4 is 23.6 Å². The van der Waals surface area contributed by atoms with Crippen LogP contribution in [-0.2, 0) is 32.0 Å². The van der Waals surface area contributed by atoms with E-state index in [4.69, 9.17) is 4.74 Å². The van der Waals surface area contributed by atoms with Crippen LogP contribution in [0.3, 0.4) is 0 Å². The molecule has 29 heavy (non-hydrogen) atoms. The lowest BCUT2D eigenvalue weighted by Gasteiger charge is -2.21. The van der Waals surface area contributed by atoms with Gasteiger partial charge in [0.1, 0.15) is 6.04 Å². The average Bonchev–Trinajstić information content (AvgIpc) is 3.01. The van der Waals surface area contributed by atoms with Gasteiger partial charge in [0.25, 0.3) is 0 Å². The number of ether oxygens (including phenoxy) is 1. The van der Waals surface area contributed by atoms with Crippen molar-refractivity contribution in [2.45, 2.75) is 64.3 Å². The normalized spacial score (nSPS) is 24.7. The van der Waals surface area contributed by atoms with Gasteiger partial charge in [0, 0.05) is 5.56 Å². The van der Waals surface area contributed by atoms with Crippen LogP contribution in [0, 0.1) is 11.8 Å². The van der Waals surface area contributed by atoms with Crippen molar-refractivity contribution in [2.75, 3.05) is 6.61 Å². The molecule has 1 heterocycles. The van der Waals surface area contributed by atoms with Crippen LogP contribution in [0.2, 0.25) is 0 Å². The monoisotopic (exact) mass is 397 g/mol. The molecule has 1 saturated carbocycles. The number of benzene rings is 1. The lowest BCUT2D eigenvalue weighted by molar-refractivity contribution is -0.157. The Morgan fingerprint density at radius 2 is 1.62 bits per heavy atom. The van der Waals surface area contributed by atoms with E-state index in [2.05, 4.69) is 0 Å². The highest BCUT2D eigenvalue weighted by molar-refractivity contribution is 6.08. The number of nitrogens with zero attached hydrogens (tertiary/aromatic N) is 1. The zero-order valence-corrected chi connectivity index (χ0v) is 16.8. The summed E-state index contributed by atoms with van der Waals surface area (Å²) in [6.45, 7) is 1.11. The maximum Gasteiger partial charge on any atom is 0.329 e. The Balaban J connectivity index is 1.37. The Kier molecular flexibility index (Phi) is 5.52. The minimum absolute atomic E-state index is 0.272. The first-order chi connectivity index (χ1) is 14.0. The van der Waals surface area contributed by atoms with Gasteiger partial charge in [-0.05, 0) is 62.6 Å². The van der Waals surface area contributed by atoms with Crippen LogP contribution in [0.5, 0.6) is 0 Å². The molecule has 3 aliphatic rings. The van der Waals surface area contributed by atoms with Gasteiger partial charge in [-0.3, -0.25) is 19.3 Å². The molecule has 154 valence electrons. The van der Waals surface area contributed by atoms with E-state index in [-0.39, 0.29) is 36.0 Å². The molecule has 0 spiro atoms. The summed E-state index contributed by atoms with van der Waals surface area (Å²) in [4.78, 5) is 51.3. The second-order valence-corrected chi connectivity index (χ2v) is 8.44. The molecule has 6 heteroatoms. The van der Waals surface area contributed by atoms with Gasteiger partial charge >= 0.3 is 5.97 Å². The molecule has 4 rings (SSSR count). The summed E-state index contributed by atoms with van der Waals surface area (Å²) in [5.41, 5.74) is 3.01. The maximum absolute atomic E-state index is 12.6. The van der Waals surface area contributed by atoms with Gasteiger partial charge < -0.3 is 4.74 Å². The predicted molar refractivity (Wildman–Crippen MR) is 105 cm³/mol. The van der Waals surface area contributed by atoms with Crippen LogP contribution in [0.25, 0.3) is 0 Å². The third-order valence-corrected chi connectivity index (χ3v) is 6.62. The van der Waals surface area contributed by atoms with Crippen LogP contribution in [0.15, 0.2) is 18.2 Å². The predicted octanol–water partition coefficient (Wildman–Crippen LogP) is 2.86. The fraction of sp³-hybridized carbons (Fsp3) is 0.565. The molecule has 1 aromatic carbocycles. The summed E-state index contributed by atoms with van der Waals surface area (Å²) >= 11 is 0. The number of ketones is 1. The fourth-order valence-corrected chi connectivity index (χ4v) is 4.92. The van der Waals surface area contributed by atoms with E-state index in [0.717, 1.165) is 37.0 Å². The number of aryl methyl sites for hydroxylation is 2. The summed E-state index contributed by atoms with van der Waals surface area (Å²) < 4.78 is 5.19. The molecule has 1 saturated heterocycles. The van der Waals surface area contributed by atoms with Crippen molar-refractivity contribution in [3.8, 4) is 0 Å². The Morgan fingerprint density at radius 3 is 2.28 bits per heavy atom. The molecule has 1 aliphatic heterocycles. The molecule has 6 nitrogen and oxygen atoms in total. The summed E-state index contributed by atoms with van der Waals surface area (Å²) in [5.74, 6) is -2.13. The lowest BCUT2D eigenvalue weighted by Crippen LogP contribution is -2.44. The van der Waals surface area contributed by atoms with E-state index < -0.39 is 12.0 Å². The SMILES string of the molecule is C[C@@H](C(=O)OCC(=O)c1ccc2c(c1)CCCC2)N1C(=O)[C@H]2CCCC[C@@H]2C1=O. The highest BCUT2D eigenvalue weighted by Gasteiger charge is 2.51. The Morgan fingerprint density at radius 1 is 1.00 bits per heavy atom. The number of esters is 1. The Bertz CT molecular complexity index is 837. The number of carbonyl (C=O) groups excluding carboxylic acids is 4. The summed E-state index contributed by atoms with van der Waals surface area (Å²) in [6.07, 6.45) is 7.56. The third kappa shape index (κ3) is 3.72. The molecule has 0 radical (unpaired) electrons. The van der Waals surface area contributed by atoms with Crippen molar-refractivity contribution in [3.63, 3.8) is 0 Å². The van der Waals surface area contributed by atoms with Crippen molar-refractivity contribution in [2.24, 2.45) is 11.8 Å². The molecule has 1 aromatic rings. The summed E-state index contributed by atoms with van der Waals surface area (Å²) in [7, 11) is 0. The van der Waals surface area contributed by atoms with Crippen LogP contribution < -0.4 is 0 Å². The van der Waals surface area contributed by atoms with Gasteiger partial charge in [-0.1, -0.05) is 25.0 Å². The number of amides is 2. The Hall–Kier alpha value is -2.50. The zero-order chi connectivity index (χ0) is 20.5. The molecular weight excluding hydrogens is 370 g/mol. The molecule has 0 unspecified atom stereocenters. The number of carbonyl (C=O) groups is 4. The van der Waals surface area contributed by atoms with Gasteiger partial charge in [-0.2, -0.15) is 0 Å². The number of Topliss-reactive ketones (excluding diaryl/α,β-unsaturated/α-hetero) is 1. The van der Waals surface area contributed by atoms with Crippen molar-refractivity contribution in [3.05, 3.63) is 34.9 Å². The molecule has 0 aromatic heterocycles. The average molecular weight is 397 g/mol. The lowest BCUT2D eigenvalue weighted by atomic mass is 9.81. The van der Waals surface area contributed by atoms with Crippen molar-refractivity contribution < 1.29 is 23.9 Å². The van der Waals surface area contributed by atoms with E-state index in [1.165, 1.54) is 24.5 Å². The van der Waals surface area contributed by atoms with E-state index in [1.54, 1.807) is 6.07 Å². The Labute approximate surface area is 170 Å². The van der Waals surface area contributed by atoms with E-state index in [0.29, 0.717) is 18.4 Å². The molecule has 0 bridgehead atoms. The molecule has 2 amide bonds. The third-order valence-electron chi connectivity index (χ3n) is 6.62. The first kappa shape index (κ1) is 19.8. The van der Waals surface area contributed by atoms with Crippen LogP contribution in [0.1, 0.15) is 66.9 Å². The molecular formula is C23H27NO5. The number of likely N-dealkylation sites (tertiary alicyclic amines) is 1. The smallest absolute Gasteiger partial charge is 0.329 e. The number of fused-ring (bicyclic) bond motifs is 2. The van der Waals surface area contributed by atoms with Gasteiger partial charge in [0.05, 0.1) is 11.8 Å². The minimum atomic E-state index is -1.00. The van der Waals surface area contributed by atoms with Gasteiger partial charge in [-0.15, -0.1) is 0 Å². The largest absolute Gasteiger partial charge is 0.456 e. The number of imide groups is 1. The second kappa shape index (κ2) is 8.09. The fourth-order valence-electron chi connectivity index (χ4n) is 4.92. The van der Waals surface area contributed by atoms with Crippen molar-refractivity contribution in [1.82, 2.24) is 4.90 Å². The number of hydrogen-bond acceptors (Lipinski definition) is 5. The molecule has 3 atom stereocenters. The first-order valence-electron chi connectivity index (χ1n) is 10.7. The highest BCUT2D eigenvalue weighted by atomic mass is 16.5. The van der Waals surface area contributed by atoms with Gasteiger partial charge in [0.15, 0.2) is 12.4 Å². The van der Waals surface area contributed by atoms with Crippen LogP contribution in [0.4, 0.5) is 0 Å². The van der Waals surface area contributed by atoms with E-state index in [9.17, 15) is 19.2 Å². The molecule has 0 N–H and O–H groups in total. The molecule has 2 aliphatic carbocycles. The number of rotatable bonds is 5. The van der Waals surface area contributed by atoms with Crippen LogP contribution >= 0.6 is 0 Å². The van der Waals surface area contributed by atoms with Gasteiger partial charge in [0.2, 0.25) is 11.8 Å². The minimum Gasteiger partial charge on any atom is -0.456 e. The summed E-state index contributed by atoms with van der Waals surface area (Å²) in [6, 6.07) is 4.65. The highest BCUT2D eigenvalue weighted by Crippen LogP contribution is 2.38. The van der Waals surface area contributed by atoms with E-state index >= 15 is 0 Å².